The summed E-state index contributed by atoms with van der Waals surface area (Å²) < 4.78 is 22.6. The average Bonchev–Trinajstić information content (AvgIpc) is 2.21. The van der Waals surface area contributed by atoms with Gasteiger partial charge in [0, 0.05) is 13.1 Å². The van der Waals surface area contributed by atoms with Gasteiger partial charge < -0.3 is 4.90 Å². The summed E-state index contributed by atoms with van der Waals surface area (Å²) in [5, 5.41) is 12.3. The average molecular weight is 245 g/mol. The summed E-state index contributed by atoms with van der Waals surface area (Å²) in [7, 11) is 1.02. The van der Waals surface area contributed by atoms with Crippen LogP contribution in [0.15, 0.2) is 0 Å². The van der Waals surface area contributed by atoms with Gasteiger partial charge >= 0.3 is 0 Å². The summed E-state index contributed by atoms with van der Waals surface area (Å²) in [6.07, 6.45) is 0.804. The molecule has 92 valence electrons. The number of likely N-dealkylation sites (N-methyl/N-ethyl adjacent to an activating group) is 1. The molecule has 0 unspecified atom stereocenters. The van der Waals surface area contributed by atoms with Crippen LogP contribution < -0.4 is 5.32 Å². The number of rotatable bonds is 4. The first-order valence-electron chi connectivity index (χ1n) is 5.41. The highest BCUT2D eigenvalue weighted by Crippen LogP contribution is 2.22. The Hall–Kier alpha value is -0.640. The quantitative estimate of drug-likeness (QED) is 0.730. The highest BCUT2D eigenvalue weighted by Gasteiger charge is 2.36. The van der Waals surface area contributed by atoms with Crippen LogP contribution in [0.5, 0.6) is 0 Å². The fraction of sp³-hybridized carbons (Fsp3) is 0.900. The van der Waals surface area contributed by atoms with Crippen molar-refractivity contribution in [3.05, 3.63) is 0 Å². The van der Waals surface area contributed by atoms with Crippen molar-refractivity contribution in [3.8, 4) is 6.07 Å². The fourth-order valence-corrected chi connectivity index (χ4v) is 3.26. The van der Waals surface area contributed by atoms with E-state index in [1.165, 1.54) is 0 Å². The van der Waals surface area contributed by atoms with Crippen LogP contribution in [0, 0.1) is 11.3 Å². The molecule has 0 saturated carbocycles. The predicted molar refractivity (Wildman–Crippen MR) is 62.8 cm³/mol. The van der Waals surface area contributed by atoms with Gasteiger partial charge in [-0.3, -0.25) is 5.32 Å². The lowest BCUT2D eigenvalue weighted by Gasteiger charge is -2.32. The van der Waals surface area contributed by atoms with Crippen LogP contribution in [0.1, 0.15) is 12.8 Å². The van der Waals surface area contributed by atoms with E-state index in [1.807, 2.05) is 19.0 Å². The summed E-state index contributed by atoms with van der Waals surface area (Å²) in [6, 6.07) is 2.23. The summed E-state index contributed by atoms with van der Waals surface area (Å²) in [5.41, 5.74) is -0.638. The van der Waals surface area contributed by atoms with E-state index in [9.17, 15) is 8.42 Å². The lowest BCUT2D eigenvalue weighted by atomic mass is 9.94. The summed E-state index contributed by atoms with van der Waals surface area (Å²) in [5.74, 6) is 0.241. The van der Waals surface area contributed by atoms with Gasteiger partial charge in [0.1, 0.15) is 5.54 Å². The summed E-state index contributed by atoms with van der Waals surface area (Å²) in [4.78, 5) is 2.03. The number of hydrogen-bond acceptors (Lipinski definition) is 5. The summed E-state index contributed by atoms with van der Waals surface area (Å²) in [6.45, 7) is 1.55. The van der Waals surface area contributed by atoms with Crippen molar-refractivity contribution in [1.29, 1.82) is 5.26 Å². The van der Waals surface area contributed by atoms with Gasteiger partial charge in [0.2, 0.25) is 0 Å². The van der Waals surface area contributed by atoms with Gasteiger partial charge in [-0.15, -0.1) is 0 Å². The van der Waals surface area contributed by atoms with Crippen LogP contribution in [0.25, 0.3) is 0 Å². The van der Waals surface area contributed by atoms with Crippen molar-refractivity contribution < 1.29 is 8.42 Å². The second-order valence-electron chi connectivity index (χ2n) is 4.58. The molecule has 1 aliphatic heterocycles. The lowest BCUT2D eigenvalue weighted by molar-refractivity contribution is 0.333. The third-order valence-electron chi connectivity index (χ3n) is 2.92. The third kappa shape index (κ3) is 3.74. The smallest absolute Gasteiger partial charge is 0.150 e. The van der Waals surface area contributed by atoms with Gasteiger partial charge in [0.25, 0.3) is 0 Å². The van der Waals surface area contributed by atoms with Crippen molar-refractivity contribution in [3.63, 3.8) is 0 Å². The van der Waals surface area contributed by atoms with Crippen LogP contribution in [-0.4, -0.2) is 57.5 Å². The van der Waals surface area contributed by atoms with Gasteiger partial charge in [-0.05, 0) is 26.9 Å². The predicted octanol–water partition coefficient (Wildman–Crippen LogP) is -0.391. The molecule has 1 fully saturated rings. The zero-order chi connectivity index (χ0) is 12.2. The van der Waals surface area contributed by atoms with E-state index >= 15 is 0 Å². The van der Waals surface area contributed by atoms with Gasteiger partial charge in [0.15, 0.2) is 9.84 Å². The van der Waals surface area contributed by atoms with E-state index in [0.29, 0.717) is 19.4 Å². The van der Waals surface area contributed by atoms with Crippen molar-refractivity contribution in [2.45, 2.75) is 18.4 Å². The Bertz CT molecular complexity index is 356. The minimum atomic E-state index is -2.91. The molecular formula is C10H19N3O2S. The SMILES string of the molecule is CN(C)CCNC1(C#N)CCS(=O)(=O)CC1. The van der Waals surface area contributed by atoms with Gasteiger partial charge in [-0.2, -0.15) is 5.26 Å². The van der Waals surface area contributed by atoms with Crippen LogP contribution in [0.2, 0.25) is 0 Å². The topological polar surface area (TPSA) is 73.2 Å². The Morgan fingerprint density at radius 3 is 2.38 bits per heavy atom. The number of nitrogens with zero attached hydrogens (tertiary/aromatic N) is 2. The first kappa shape index (κ1) is 13.4. The highest BCUT2D eigenvalue weighted by atomic mass is 32.2. The largest absolute Gasteiger partial charge is 0.308 e. The first-order valence-corrected chi connectivity index (χ1v) is 7.23. The van der Waals surface area contributed by atoms with E-state index in [4.69, 9.17) is 5.26 Å². The van der Waals surface area contributed by atoms with Crippen molar-refractivity contribution in [2.24, 2.45) is 0 Å². The van der Waals surface area contributed by atoms with Crippen molar-refractivity contribution in [2.75, 3.05) is 38.7 Å². The number of nitriles is 1. The van der Waals surface area contributed by atoms with Crippen LogP contribution in [0.3, 0.4) is 0 Å². The molecule has 1 rings (SSSR count). The second kappa shape index (κ2) is 5.13. The minimum absolute atomic E-state index is 0.121. The molecule has 0 aliphatic carbocycles. The van der Waals surface area contributed by atoms with Crippen molar-refractivity contribution >= 4 is 9.84 Å². The number of nitrogens with one attached hydrogen (secondary N) is 1. The van der Waals surface area contributed by atoms with E-state index < -0.39 is 15.4 Å². The fourth-order valence-electron chi connectivity index (χ4n) is 1.73. The van der Waals surface area contributed by atoms with Gasteiger partial charge in [-0.1, -0.05) is 0 Å². The number of hydrogen-bond donors (Lipinski definition) is 1. The van der Waals surface area contributed by atoms with Crippen LogP contribution >= 0.6 is 0 Å². The normalized spacial score (nSPS) is 22.9. The molecule has 1 saturated heterocycles. The second-order valence-corrected chi connectivity index (χ2v) is 6.88. The lowest BCUT2D eigenvalue weighted by Crippen LogP contribution is -2.51. The zero-order valence-corrected chi connectivity index (χ0v) is 10.7. The van der Waals surface area contributed by atoms with Gasteiger partial charge in [0.05, 0.1) is 17.6 Å². The molecule has 0 bridgehead atoms. The molecule has 0 amide bonds. The number of sulfone groups is 1. The molecule has 0 aromatic rings. The first-order chi connectivity index (χ1) is 7.39. The molecule has 1 heterocycles. The molecule has 0 aromatic carbocycles. The zero-order valence-electron chi connectivity index (χ0n) is 9.86. The maximum Gasteiger partial charge on any atom is 0.150 e. The van der Waals surface area contributed by atoms with Crippen LogP contribution in [0.4, 0.5) is 0 Å². The molecule has 1 N–H and O–H groups in total. The van der Waals surface area contributed by atoms with E-state index in [0.717, 1.165) is 6.54 Å². The maximum absolute atomic E-state index is 11.3. The molecule has 0 spiro atoms. The Labute approximate surface area is 97.3 Å². The standard InChI is InChI=1S/C10H19N3O2S/c1-13(2)6-5-12-10(9-11)3-7-16(14,15)8-4-10/h12H,3-8H2,1-2H3. The summed E-state index contributed by atoms with van der Waals surface area (Å²) >= 11 is 0. The monoisotopic (exact) mass is 245 g/mol. The Morgan fingerprint density at radius 1 is 1.38 bits per heavy atom. The Morgan fingerprint density at radius 2 is 1.94 bits per heavy atom. The molecule has 1 aliphatic rings. The molecule has 0 radical (unpaired) electrons. The van der Waals surface area contributed by atoms with E-state index in [2.05, 4.69) is 11.4 Å². The Balaban J connectivity index is 2.51. The van der Waals surface area contributed by atoms with Gasteiger partial charge in [-0.25, -0.2) is 8.42 Å². The molecule has 0 aromatic heterocycles. The molecular weight excluding hydrogens is 226 g/mol. The highest BCUT2D eigenvalue weighted by molar-refractivity contribution is 7.91. The molecule has 0 atom stereocenters. The minimum Gasteiger partial charge on any atom is -0.308 e. The molecule has 16 heavy (non-hydrogen) atoms. The third-order valence-corrected chi connectivity index (χ3v) is 4.57. The maximum atomic E-state index is 11.3. The van der Waals surface area contributed by atoms with E-state index in [1.54, 1.807) is 0 Å². The molecule has 5 nitrogen and oxygen atoms in total. The van der Waals surface area contributed by atoms with Crippen LogP contribution in [-0.2, 0) is 9.84 Å². The Kier molecular flexibility index (Phi) is 4.30. The van der Waals surface area contributed by atoms with E-state index in [-0.39, 0.29) is 11.5 Å². The van der Waals surface area contributed by atoms with Crippen molar-refractivity contribution in [1.82, 2.24) is 10.2 Å². The molecule has 6 heteroatoms.